The first-order valence-electron chi connectivity index (χ1n) is 7.73. The molecule has 25 heavy (non-hydrogen) atoms. The Balaban J connectivity index is 1.79. The standard InChI is InChI=1S/C18H13BrF3N3/c19-13-5-1-11(2-6-13)16-15-9-10-23-17(15)25(24-16)14-7-3-12(4-8-14)18(20,21)22/h1-8,23H,9-10H2. The molecule has 7 heteroatoms. The Bertz CT molecular complexity index is 912. The van der Waals surface area contributed by atoms with Crippen molar-refractivity contribution < 1.29 is 13.2 Å². The Kier molecular flexibility index (Phi) is 3.83. The summed E-state index contributed by atoms with van der Waals surface area (Å²) in [4.78, 5) is 0. The van der Waals surface area contributed by atoms with Crippen molar-refractivity contribution in [1.29, 1.82) is 0 Å². The molecule has 0 amide bonds. The van der Waals surface area contributed by atoms with E-state index in [0.717, 1.165) is 52.2 Å². The molecular weight excluding hydrogens is 395 g/mol. The second-order valence-corrected chi connectivity index (χ2v) is 6.73. The number of anilines is 1. The van der Waals surface area contributed by atoms with E-state index < -0.39 is 11.7 Å². The summed E-state index contributed by atoms with van der Waals surface area (Å²) in [5.41, 5.74) is 2.85. The summed E-state index contributed by atoms with van der Waals surface area (Å²) in [6, 6.07) is 12.9. The van der Waals surface area contributed by atoms with Crippen LogP contribution >= 0.6 is 15.9 Å². The maximum atomic E-state index is 12.8. The van der Waals surface area contributed by atoms with Crippen LogP contribution in [0.1, 0.15) is 11.1 Å². The largest absolute Gasteiger partial charge is 0.416 e. The number of benzene rings is 2. The van der Waals surface area contributed by atoms with Crippen LogP contribution in [0.25, 0.3) is 16.9 Å². The van der Waals surface area contributed by atoms with Gasteiger partial charge in [0.1, 0.15) is 5.82 Å². The lowest BCUT2D eigenvalue weighted by atomic mass is 10.1. The van der Waals surface area contributed by atoms with E-state index in [1.165, 1.54) is 12.1 Å². The molecule has 0 radical (unpaired) electrons. The van der Waals surface area contributed by atoms with Crippen LogP contribution in [0.3, 0.4) is 0 Å². The van der Waals surface area contributed by atoms with Crippen LogP contribution in [0.4, 0.5) is 19.0 Å². The minimum atomic E-state index is -4.34. The number of fused-ring (bicyclic) bond motifs is 1. The first kappa shape index (κ1) is 16.2. The van der Waals surface area contributed by atoms with Crippen molar-refractivity contribution >= 4 is 21.7 Å². The molecular formula is C18H13BrF3N3. The summed E-state index contributed by atoms with van der Waals surface area (Å²) < 4.78 is 40.9. The van der Waals surface area contributed by atoms with Crippen LogP contribution in [0.15, 0.2) is 53.0 Å². The van der Waals surface area contributed by atoms with E-state index in [-0.39, 0.29) is 0 Å². The van der Waals surface area contributed by atoms with Gasteiger partial charge < -0.3 is 5.32 Å². The number of rotatable bonds is 2. The molecule has 0 saturated carbocycles. The van der Waals surface area contributed by atoms with Gasteiger partial charge in [-0.3, -0.25) is 0 Å². The Morgan fingerprint density at radius 2 is 1.68 bits per heavy atom. The SMILES string of the molecule is FC(F)(F)c1ccc(-n2nc(-c3ccc(Br)cc3)c3c2NCC3)cc1. The van der Waals surface area contributed by atoms with Gasteiger partial charge in [0, 0.05) is 22.1 Å². The quantitative estimate of drug-likeness (QED) is 0.625. The van der Waals surface area contributed by atoms with Gasteiger partial charge >= 0.3 is 6.18 Å². The number of halogens is 4. The maximum Gasteiger partial charge on any atom is 0.416 e. The summed E-state index contributed by atoms with van der Waals surface area (Å²) in [7, 11) is 0. The first-order valence-corrected chi connectivity index (χ1v) is 8.52. The van der Waals surface area contributed by atoms with E-state index >= 15 is 0 Å². The Hall–Kier alpha value is -2.28. The van der Waals surface area contributed by atoms with Crippen molar-refractivity contribution in [3.05, 3.63) is 64.1 Å². The van der Waals surface area contributed by atoms with Gasteiger partial charge in [0.05, 0.1) is 16.9 Å². The summed E-state index contributed by atoms with van der Waals surface area (Å²) in [5.74, 6) is 0.845. The van der Waals surface area contributed by atoms with E-state index in [9.17, 15) is 13.2 Å². The molecule has 1 aromatic heterocycles. The van der Waals surface area contributed by atoms with Gasteiger partial charge in [-0.1, -0.05) is 28.1 Å². The number of nitrogens with zero attached hydrogens (tertiary/aromatic N) is 2. The van der Waals surface area contributed by atoms with Crippen LogP contribution in [-0.4, -0.2) is 16.3 Å². The van der Waals surface area contributed by atoms with Crippen LogP contribution < -0.4 is 5.32 Å². The van der Waals surface area contributed by atoms with E-state index in [1.54, 1.807) is 4.68 Å². The fraction of sp³-hybridized carbons (Fsp3) is 0.167. The Morgan fingerprint density at radius 3 is 2.32 bits per heavy atom. The molecule has 0 spiro atoms. The van der Waals surface area contributed by atoms with Crippen LogP contribution in [0.2, 0.25) is 0 Å². The van der Waals surface area contributed by atoms with E-state index in [2.05, 4.69) is 26.3 Å². The molecule has 0 fully saturated rings. The predicted octanol–water partition coefficient (Wildman–Crippen LogP) is 5.29. The summed E-state index contributed by atoms with van der Waals surface area (Å²) in [6.45, 7) is 0.789. The number of alkyl halides is 3. The molecule has 0 aliphatic carbocycles. The summed E-state index contributed by atoms with van der Waals surface area (Å²) >= 11 is 3.42. The van der Waals surface area contributed by atoms with Crippen molar-refractivity contribution in [2.24, 2.45) is 0 Å². The number of aromatic nitrogens is 2. The van der Waals surface area contributed by atoms with Gasteiger partial charge in [-0.2, -0.15) is 18.3 Å². The molecule has 4 rings (SSSR count). The molecule has 1 aliphatic rings. The third-order valence-corrected chi connectivity index (χ3v) is 4.74. The number of hydrogen-bond acceptors (Lipinski definition) is 2. The highest BCUT2D eigenvalue weighted by atomic mass is 79.9. The average Bonchev–Trinajstić information content (AvgIpc) is 3.17. The Morgan fingerprint density at radius 1 is 1.00 bits per heavy atom. The van der Waals surface area contributed by atoms with Crippen LogP contribution in [0.5, 0.6) is 0 Å². The first-order chi connectivity index (χ1) is 11.9. The van der Waals surface area contributed by atoms with Gasteiger partial charge in [-0.15, -0.1) is 0 Å². The fourth-order valence-corrected chi connectivity index (χ4v) is 3.26. The zero-order chi connectivity index (χ0) is 17.6. The normalized spacial score (nSPS) is 13.6. The van der Waals surface area contributed by atoms with Crippen molar-refractivity contribution in [3.63, 3.8) is 0 Å². The average molecular weight is 408 g/mol. The maximum absolute atomic E-state index is 12.8. The van der Waals surface area contributed by atoms with Gasteiger partial charge in [0.15, 0.2) is 0 Å². The molecule has 1 aliphatic heterocycles. The lowest BCUT2D eigenvalue weighted by molar-refractivity contribution is -0.137. The monoisotopic (exact) mass is 407 g/mol. The van der Waals surface area contributed by atoms with Crippen molar-refractivity contribution in [1.82, 2.24) is 9.78 Å². The molecule has 0 bridgehead atoms. The fourth-order valence-electron chi connectivity index (χ4n) is 2.99. The molecule has 1 N–H and O–H groups in total. The molecule has 2 aromatic carbocycles. The molecule has 128 valence electrons. The van der Waals surface area contributed by atoms with Gasteiger partial charge in [-0.25, -0.2) is 4.68 Å². The lowest BCUT2D eigenvalue weighted by Gasteiger charge is -2.09. The molecule has 0 atom stereocenters. The Labute approximate surface area is 150 Å². The van der Waals surface area contributed by atoms with Crippen LogP contribution in [-0.2, 0) is 12.6 Å². The third kappa shape index (κ3) is 2.93. The number of hydrogen-bond donors (Lipinski definition) is 1. The smallest absolute Gasteiger partial charge is 0.369 e. The minimum absolute atomic E-state index is 0.599. The highest BCUT2D eigenvalue weighted by Gasteiger charge is 2.30. The molecule has 0 saturated heterocycles. The second kappa shape index (κ2) is 5.91. The van der Waals surface area contributed by atoms with Gasteiger partial charge in [0.2, 0.25) is 0 Å². The zero-order valence-electron chi connectivity index (χ0n) is 12.9. The summed E-state index contributed by atoms with van der Waals surface area (Å²) in [6.07, 6.45) is -3.51. The van der Waals surface area contributed by atoms with Crippen molar-refractivity contribution in [3.8, 4) is 16.9 Å². The van der Waals surface area contributed by atoms with Gasteiger partial charge in [-0.05, 0) is 42.8 Å². The van der Waals surface area contributed by atoms with Crippen molar-refractivity contribution in [2.45, 2.75) is 12.6 Å². The molecule has 0 unspecified atom stereocenters. The second-order valence-electron chi connectivity index (χ2n) is 5.82. The zero-order valence-corrected chi connectivity index (χ0v) is 14.5. The lowest BCUT2D eigenvalue weighted by Crippen LogP contribution is -2.07. The molecule has 3 aromatic rings. The number of nitrogens with one attached hydrogen (secondary N) is 1. The predicted molar refractivity (Wildman–Crippen MR) is 93.9 cm³/mol. The molecule has 2 heterocycles. The highest BCUT2D eigenvalue weighted by Crippen LogP contribution is 2.36. The van der Waals surface area contributed by atoms with E-state index in [1.807, 2.05) is 24.3 Å². The topological polar surface area (TPSA) is 29.9 Å². The van der Waals surface area contributed by atoms with Crippen LogP contribution in [0, 0.1) is 0 Å². The van der Waals surface area contributed by atoms with E-state index in [0.29, 0.717) is 5.69 Å². The minimum Gasteiger partial charge on any atom is -0.369 e. The highest BCUT2D eigenvalue weighted by molar-refractivity contribution is 9.10. The van der Waals surface area contributed by atoms with Crippen molar-refractivity contribution in [2.75, 3.05) is 11.9 Å². The summed E-state index contributed by atoms with van der Waals surface area (Å²) in [5, 5.41) is 7.93. The molecule has 3 nitrogen and oxygen atoms in total. The van der Waals surface area contributed by atoms with Gasteiger partial charge in [0.25, 0.3) is 0 Å². The third-order valence-electron chi connectivity index (χ3n) is 4.21. The van der Waals surface area contributed by atoms with E-state index in [4.69, 9.17) is 0 Å².